The Balaban J connectivity index is 1.50. The highest BCUT2D eigenvalue weighted by molar-refractivity contribution is 5.95. The van der Waals surface area contributed by atoms with Gasteiger partial charge in [-0.1, -0.05) is 30.3 Å². The molecule has 0 aliphatic heterocycles. The molecule has 0 bridgehead atoms. The topological polar surface area (TPSA) is 61.4 Å². The van der Waals surface area contributed by atoms with E-state index in [9.17, 15) is 14.0 Å². The van der Waals surface area contributed by atoms with Gasteiger partial charge in [0, 0.05) is 18.4 Å². The van der Waals surface area contributed by atoms with Gasteiger partial charge in [-0.15, -0.1) is 0 Å². The highest BCUT2D eigenvalue weighted by atomic mass is 19.1. The van der Waals surface area contributed by atoms with Crippen LogP contribution in [0.1, 0.15) is 0 Å². The molecule has 0 radical (unpaired) electrons. The third-order valence-corrected chi connectivity index (χ3v) is 4.13. The van der Waals surface area contributed by atoms with Crippen molar-refractivity contribution in [2.45, 2.75) is 0 Å². The van der Waals surface area contributed by atoms with Crippen molar-refractivity contribution in [2.24, 2.45) is 0 Å². The Morgan fingerprint density at radius 2 is 1.63 bits per heavy atom. The van der Waals surface area contributed by atoms with Gasteiger partial charge < -0.3 is 15.5 Å². The van der Waals surface area contributed by atoms with E-state index in [0.717, 1.165) is 16.5 Å². The fourth-order valence-electron chi connectivity index (χ4n) is 2.69. The molecule has 0 heterocycles. The maximum Gasteiger partial charge on any atom is 0.243 e. The Bertz CT molecular complexity index is 957. The molecule has 0 aliphatic carbocycles. The van der Waals surface area contributed by atoms with Crippen LogP contribution in [0.15, 0.2) is 66.7 Å². The molecule has 2 N–H and O–H groups in total. The van der Waals surface area contributed by atoms with Crippen LogP contribution >= 0.6 is 0 Å². The first-order chi connectivity index (χ1) is 13.0. The number of nitrogens with zero attached hydrogens (tertiary/aromatic N) is 1. The first-order valence-corrected chi connectivity index (χ1v) is 8.53. The minimum absolute atomic E-state index is 0.127. The van der Waals surface area contributed by atoms with Crippen molar-refractivity contribution in [3.05, 3.63) is 72.5 Å². The summed E-state index contributed by atoms with van der Waals surface area (Å²) in [7, 11) is 1.82. The summed E-state index contributed by atoms with van der Waals surface area (Å²) in [4.78, 5) is 25.8. The molecule has 3 rings (SSSR count). The van der Waals surface area contributed by atoms with Gasteiger partial charge >= 0.3 is 0 Å². The SMILES string of the molecule is CN(CC(=O)NCC(=O)Nc1ccc(F)cc1)c1ccc2ccccc2c1. The predicted molar refractivity (Wildman–Crippen MR) is 105 cm³/mol. The molecular weight excluding hydrogens is 345 g/mol. The van der Waals surface area contributed by atoms with Gasteiger partial charge in [0.2, 0.25) is 11.8 Å². The highest BCUT2D eigenvalue weighted by Gasteiger charge is 2.10. The van der Waals surface area contributed by atoms with Gasteiger partial charge in [0.05, 0.1) is 13.1 Å². The minimum Gasteiger partial charge on any atom is -0.365 e. The summed E-state index contributed by atoms with van der Waals surface area (Å²) in [5.41, 5.74) is 1.39. The van der Waals surface area contributed by atoms with Crippen molar-refractivity contribution in [2.75, 3.05) is 30.4 Å². The van der Waals surface area contributed by atoms with E-state index in [1.807, 2.05) is 54.4 Å². The molecule has 5 nitrogen and oxygen atoms in total. The largest absolute Gasteiger partial charge is 0.365 e. The highest BCUT2D eigenvalue weighted by Crippen LogP contribution is 2.21. The van der Waals surface area contributed by atoms with Crippen molar-refractivity contribution in [1.29, 1.82) is 0 Å². The molecule has 0 unspecified atom stereocenters. The fourth-order valence-corrected chi connectivity index (χ4v) is 2.69. The Labute approximate surface area is 156 Å². The number of anilines is 2. The summed E-state index contributed by atoms with van der Waals surface area (Å²) in [5, 5.41) is 7.41. The van der Waals surface area contributed by atoms with Crippen molar-refractivity contribution < 1.29 is 14.0 Å². The van der Waals surface area contributed by atoms with E-state index in [1.54, 1.807) is 0 Å². The number of amides is 2. The second kappa shape index (κ2) is 8.31. The molecule has 0 saturated heterocycles. The van der Waals surface area contributed by atoms with E-state index in [1.165, 1.54) is 24.3 Å². The van der Waals surface area contributed by atoms with Crippen LogP contribution in [0.25, 0.3) is 10.8 Å². The number of benzene rings is 3. The smallest absolute Gasteiger partial charge is 0.243 e. The first-order valence-electron chi connectivity index (χ1n) is 8.53. The molecule has 138 valence electrons. The number of rotatable bonds is 6. The molecule has 0 fully saturated rings. The Morgan fingerprint density at radius 1 is 0.926 bits per heavy atom. The number of carbonyl (C=O) groups is 2. The van der Waals surface area contributed by atoms with Gasteiger partial charge in [0.25, 0.3) is 0 Å². The molecule has 3 aromatic rings. The van der Waals surface area contributed by atoms with E-state index >= 15 is 0 Å². The van der Waals surface area contributed by atoms with Crippen LogP contribution in [0.3, 0.4) is 0 Å². The summed E-state index contributed by atoms with van der Waals surface area (Å²) in [6.45, 7) is -0.0239. The molecule has 0 saturated carbocycles. The third-order valence-electron chi connectivity index (χ3n) is 4.13. The Hall–Kier alpha value is -3.41. The number of fused-ring (bicyclic) bond motifs is 1. The van der Waals surface area contributed by atoms with Crippen molar-refractivity contribution >= 4 is 34.0 Å². The maximum atomic E-state index is 12.9. The summed E-state index contributed by atoms with van der Waals surface area (Å²) in [6, 6.07) is 19.4. The fraction of sp³-hybridized carbons (Fsp3) is 0.143. The van der Waals surface area contributed by atoms with E-state index in [0.29, 0.717) is 5.69 Å². The van der Waals surface area contributed by atoms with Crippen LogP contribution in [-0.4, -0.2) is 32.0 Å². The lowest BCUT2D eigenvalue weighted by Gasteiger charge is -2.19. The Kier molecular flexibility index (Phi) is 5.66. The molecule has 0 aromatic heterocycles. The predicted octanol–water partition coefficient (Wildman–Crippen LogP) is 3.17. The van der Waals surface area contributed by atoms with Crippen molar-refractivity contribution in [1.82, 2.24) is 5.32 Å². The van der Waals surface area contributed by atoms with E-state index in [-0.39, 0.29) is 30.7 Å². The number of carbonyl (C=O) groups excluding carboxylic acids is 2. The lowest BCUT2D eigenvalue weighted by Crippen LogP contribution is -2.39. The van der Waals surface area contributed by atoms with Gasteiger partial charge in [0.15, 0.2) is 0 Å². The molecule has 6 heteroatoms. The molecule has 0 aliphatic rings. The van der Waals surface area contributed by atoms with E-state index < -0.39 is 0 Å². The van der Waals surface area contributed by atoms with Gasteiger partial charge in [-0.2, -0.15) is 0 Å². The van der Waals surface area contributed by atoms with Gasteiger partial charge in [-0.3, -0.25) is 9.59 Å². The molecule has 3 aromatic carbocycles. The second-order valence-corrected chi connectivity index (χ2v) is 6.22. The van der Waals surface area contributed by atoms with Gasteiger partial charge in [0.1, 0.15) is 5.82 Å². The zero-order valence-corrected chi connectivity index (χ0v) is 14.9. The monoisotopic (exact) mass is 365 g/mol. The summed E-state index contributed by atoms with van der Waals surface area (Å²) < 4.78 is 12.9. The van der Waals surface area contributed by atoms with Crippen LogP contribution in [0.5, 0.6) is 0 Å². The van der Waals surface area contributed by atoms with Crippen LogP contribution in [-0.2, 0) is 9.59 Å². The van der Waals surface area contributed by atoms with Crippen molar-refractivity contribution in [3.63, 3.8) is 0 Å². The quantitative estimate of drug-likeness (QED) is 0.705. The van der Waals surface area contributed by atoms with Crippen LogP contribution < -0.4 is 15.5 Å². The molecule has 2 amide bonds. The van der Waals surface area contributed by atoms with E-state index in [4.69, 9.17) is 0 Å². The van der Waals surface area contributed by atoms with Crippen LogP contribution in [0, 0.1) is 5.82 Å². The molecule has 27 heavy (non-hydrogen) atoms. The third kappa shape index (κ3) is 5.04. The first kappa shape index (κ1) is 18.4. The lowest BCUT2D eigenvalue weighted by atomic mass is 10.1. The van der Waals surface area contributed by atoms with E-state index in [2.05, 4.69) is 10.6 Å². The van der Waals surface area contributed by atoms with Gasteiger partial charge in [-0.05, 0) is 47.2 Å². The zero-order valence-electron chi connectivity index (χ0n) is 14.9. The average molecular weight is 365 g/mol. The lowest BCUT2D eigenvalue weighted by molar-refractivity contribution is -0.123. The van der Waals surface area contributed by atoms with Gasteiger partial charge in [-0.25, -0.2) is 4.39 Å². The number of hydrogen-bond donors (Lipinski definition) is 2. The maximum absolute atomic E-state index is 12.9. The number of likely N-dealkylation sites (N-methyl/N-ethyl adjacent to an activating group) is 1. The standard InChI is InChI=1S/C21H20FN3O2/c1-25(19-11-6-15-4-2-3-5-16(15)12-19)14-21(27)23-13-20(26)24-18-9-7-17(22)8-10-18/h2-12H,13-14H2,1H3,(H,23,27)(H,24,26). The molecule has 0 spiro atoms. The second-order valence-electron chi connectivity index (χ2n) is 6.22. The molecular formula is C21H20FN3O2. The normalized spacial score (nSPS) is 10.4. The summed E-state index contributed by atoms with van der Waals surface area (Å²) >= 11 is 0. The minimum atomic E-state index is -0.377. The summed E-state index contributed by atoms with van der Waals surface area (Å²) in [5.74, 6) is -1.01. The van der Waals surface area contributed by atoms with Crippen molar-refractivity contribution in [3.8, 4) is 0 Å². The molecule has 0 atom stereocenters. The number of halogens is 1. The number of hydrogen-bond acceptors (Lipinski definition) is 3. The average Bonchev–Trinajstić information content (AvgIpc) is 2.68. The summed E-state index contributed by atoms with van der Waals surface area (Å²) in [6.07, 6.45) is 0. The van der Waals surface area contributed by atoms with Crippen LogP contribution in [0.4, 0.5) is 15.8 Å². The van der Waals surface area contributed by atoms with Crippen LogP contribution in [0.2, 0.25) is 0 Å². The Morgan fingerprint density at radius 3 is 2.37 bits per heavy atom. The zero-order chi connectivity index (χ0) is 19.2. The number of nitrogens with one attached hydrogen (secondary N) is 2.